The molecule has 0 radical (unpaired) electrons. The first kappa shape index (κ1) is 27.6. The smallest absolute Gasteiger partial charge is 0.248 e. The minimum atomic E-state index is -0.800. The first-order valence-corrected chi connectivity index (χ1v) is 12.9. The van der Waals surface area contributed by atoms with Gasteiger partial charge in [-0.3, -0.25) is 9.59 Å². The van der Waals surface area contributed by atoms with E-state index in [9.17, 15) is 9.59 Å². The van der Waals surface area contributed by atoms with Crippen LogP contribution in [0.4, 0.5) is 0 Å². The summed E-state index contributed by atoms with van der Waals surface area (Å²) < 4.78 is 5.29. The molecule has 4 aromatic rings. The molecule has 0 fully saturated rings. The van der Waals surface area contributed by atoms with Crippen LogP contribution in [0.2, 0.25) is 0 Å². The van der Waals surface area contributed by atoms with E-state index >= 15 is 0 Å². The number of hydrogen-bond donors (Lipinski definition) is 3. The number of aromatic amines is 1. The number of carbonyl (C=O) groups excluding carboxylic acids is 2. The molecule has 4 rings (SSSR count). The maximum Gasteiger partial charge on any atom is 0.248 e. The van der Waals surface area contributed by atoms with Gasteiger partial charge in [0.1, 0.15) is 11.6 Å². The van der Waals surface area contributed by atoms with Gasteiger partial charge in [0.2, 0.25) is 11.8 Å². The zero-order valence-electron chi connectivity index (χ0n) is 22.8. The fraction of sp³-hybridized carbons (Fsp3) is 0.258. The second kappa shape index (κ2) is 12.0. The Morgan fingerprint density at radius 3 is 2.26 bits per heavy atom. The minimum Gasteiger partial charge on any atom is -0.497 e. The number of carbonyl (C=O) groups is 2. The number of amides is 2. The van der Waals surface area contributed by atoms with E-state index in [1.807, 2.05) is 81.6 Å². The van der Waals surface area contributed by atoms with Crippen LogP contribution in [-0.2, 0) is 17.8 Å². The maximum absolute atomic E-state index is 13.9. The molecule has 0 bridgehead atoms. The normalized spacial score (nSPS) is 12.5. The number of aromatic nitrogens is 2. The summed E-state index contributed by atoms with van der Waals surface area (Å²) in [6.45, 7) is 6.09. The van der Waals surface area contributed by atoms with Gasteiger partial charge in [-0.15, -0.1) is 0 Å². The fourth-order valence-corrected chi connectivity index (χ4v) is 4.77. The molecule has 0 aliphatic rings. The number of nitrogens with one attached hydrogen (secondary N) is 1. The number of H-pyrrole nitrogens is 1. The third-order valence-electron chi connectivity index (χ3n) is 7.05. The monoisotopic (exact) mass is 525 g/mol. The van der Waals surface area contributed by atoms with Crippen LogP contribution in [0.1, 0.15) is 51.4 Å². The van der Waals surface area contributed by atoms with E-state index in [1.54, 1.807) is 24.1 Å². The number of rotatable bonds is 10. The first-order valence-electron chi connectivity index (χ1n) is 12.9. The summed E-state index contributed by atoms with van der Waals surface area (Å²) >= 11 is 0. The Morgan fingerprint density at radius 1 is 1.03 bits per heavy atom. The van der Waals surface area contributed by atoms with E-state index in [0.29, 0.717) is 24.4 Å². The lowest BCUT2D eigenvalue weighted by molar-refractivity contribution is -0.135. The van der Waals surface area contributed by atoms with Crippen LogP contribution in [0.3, 0.4) is 0 Å². The molecule has 202 valence electrons. The number of aryl methyl sites for hydroxylation is 2. The predicted octanol–water partition coefficient (Wildman–Crippen LogP) is 4.46. The van der Waals surface area contributed by atoms with Crippen LogP contribution in [0, 0.1) is 13.8 Å². The van der Waals surface area contributed by atoms with E-state index in [2.05, 4.69) is 4.98 Å². The van der Waals surface area contributed by atoms with Gasteiger partial charge < -0.3 is 26.1 Å². The molecule has 2 unspecified atom stereocenters. The van der Waals surface area contributed by atoms with Gasteiger partial charge in [-0.05, 0) is 73.7 Å². The molecule has 0 aliphatic heterocycles. The molecule has 1 heterocycles. The summed E-state index contributed by atoms with van der Waals surface area (Å²) in [5, 5.41) is 0. The van der Waals surface area contributed by atoms with Gasteiger partial charge in [-0.1, -0.05) is 42.5 Å². The lowest BCUT2D eigenvalue weighted by Crippen LogP contribution is -2.46. The van der Waals surface area contributed by atoms with Crippen LogP contribution < -0.4 is 16.2 Å². The van der Waals surface area contributed by atoms with E-state index in [-0.39, 0.29) is 11.9 Å². The fourth-order valence-electron chi connectivity index (χ4n) is 4.77. The Morgan fingerprint density at radius 2 is 1.67 bits per heavy atom. The van der Waals surface area contributed by atoms with Crippen molar-refractivity contribution in [1.82, 2.24) is 14.9 Å². The largest absolute Gasteiger partial charge is 0.497 e. The van der Waals surface area contributed by atoms with E-state index < -0.39 is 11.9 Å². The highest BCUT2D eigenvalue weighted by Gasteiger charge is 2.29. The quantitative estimate of drug-likeness (QED) is 0.282. The standard InChI is InChI=1S/C31H35N5O3/c1-19-14-24(29(33)37)15-20(2)26(19)16-27(32)31(38)36(18-22-10-12-25(39-4)13-11-22)21(3)30-34-17-28(35-30)23-8-6-5-7-9-23/h5-15,17,21,27H,16,18,32H2,1-4H3,(H2,33,37)(H,34,35). The van der Waals surface area contributed by atoms with Crippen molar-refractivity contribution in [2.24, 2.45) is 11.5 Å². The number of nitrogens with zero attached hydrogens (tertiary/aromatic N) is 2. The van der Waals surface area contributed by atoms with Gasteiger partial charge >= 0.3 is 0 Å². The molecule has 0 saturated heterocycles. The average molecular weight is 526 g/mol. The molecule has 0 spiro atoms. The summed E-state index contributed by atoms with van der Waals surface area (Å²) in [7, 11) is 1.62. The number of imidazole rings is 1. The number of hydrogen-bond acceptors (Lipinski definition) is 5. The molecule has 0 saturated carbocycles. The third-order valence-corrected chi connectivity index (χ3v) is 7.05. The number of primary amides is 1. The molecule has 5 N–H and O–H groups in total. The third kappa shape index (κ3) is 6.35. The van der Waals surface area contributed by atoms with E-state index in [4.69, 9.17) is 21.2 Å². The molecule has 3 aromatic carbocycles. The van der Waals surface area contributed by atoms with Crippen molar-refractivity contribution in [3.8, 4) is 17.0 Å². The SMILES string of the molecule is COc1ccc(CN(C(=O)C(N)Cc2c(C)cc(C(N)=O)cc2C)C(C)c2nc(-c3ccccc3)c[nH]2)cc1. The van der Waals surface area contributed by atoms with Crippen molar-refractivity contribution in [2.45, 2.75) is 45.8 Å². The second-order valence-electron chi connectivity index (χ2n) is 9.79. The van der Waals surface area contributed by atoms with Gasteiger partial charge in [0, 0.05) is 23.9 Å². The molecular formula is C31H35N5O3. The maximum atomic E-state index is 13.9. The summed E-state index contributed by atoms with van der Waals surface area (Å²) in [5.74, 6) is 0.723. The molecule has 0 aliphatic carbocycles. The zero-order valence-corrected chi connectivity index (χ0v) is 22.8. The first-order chi connectivity index (χ1) is 18.7. The van der Waals surface area contributed by atoms with E-state index in [0.717, 1.165) is 39.3 Å². The lowest BCUT2D eigenvalue weighted by atomic mass is 9.93. The Labute approximate surface area is 229 Å². The number of ether oxygens (including phenoxy) is 1. The van der Waals surface area contributed by atoms with Crippen molar-refractivity contribution < 1.29 is 14.3 Å². The Kier molecular flexibility index (Phi) is 8.46. The van der Waals surface area contributed by atoms with Crippen molar-refractivity contribution in [3.05, 3.63) is 107 Å². The Bertz CT molecular complexity index is 1420. The van der Waals surface area contributed by atoms with Crippen LogP contribution in [-0.4, -0.2) is 39.8 Å². The van der Waals surface area contributed by atoms with Crippen LogP contribution in [0.5, 0.6) is 5.75 Å². The van der Waals surface area contributed by atoms with Crippen molar-refractivity contribution in [1.29, 1.82) is 0 Å². The Hall–Kier alpha value is -4.43. The highest BCUT2D eigenvalue weighted by Crippen LogP contribution is 2.26. The van der Waals surface area contributed by atoms with Gasteiger partial charge in [-0.25, -0.2) is 4.98 Å². The minimum absolute atomic E-state index is 0.200. The highest BCUT2D eigenvalue weighted by atomic mass is 16.5. The summed E-state index contributed by atoms with van der Waals surface area (Å²) in [4.78, 5) is 35.4. The summed E-state index contributed by atoms with van der Waals surface area (Å²) in [6, 6.07) is 19.8. The number of methoxy groups -OCH3 is 1. The van der Waals surface area contributed by atoms with Crippen molar-refractivity contribution in [3.63, 3.8) is 0 Å². The summed E-state index contributed by atoms with van der Waals surface area (Å²) in [6.07, 6.45) is 2.18. The lowest BCUT2D eigenvalue weighted by Gasteiger charge is -2.31. The average Bonchev–Trinajstić information content (AvgIpc) is 3.44. The molecular weight excluding hydrogens is 490 g/mol. The highest BCUT2D eigenvalue weighted by molar-refractivity contribution is 5.93. The van der Waals surface area contributed by atoms with E-state index in [1.165, 1.54) is 0 Å². The van der Waals surface area contributed by atoms with Gasteiger partial charge in [0.05, 0.1) is 24.9 Å². The van der Waals surface area contributed by atoms with Crippen LogP contribution >= 0.6 is 0 Å². The van der Waals surface area contributed by atoms with Crippen LogP contribution in [0.25, 0.3) is 11.3 Å². The topological polar surface area (TPSA) is 127 Å². The van der Waals surface area contributed by atoms with Gasteiger partial charge in [0.25, 0.3) is 0 Å². The number of benzene rings is 3. The Balaban J connectivity index is 1.62. The molecule has 39 heavy (non-hydrogen) atoms. The van der Waals surface area contributed by atoms with Gasteiger partial charge in [-0.2, -0.15) is 0 Å². The summed E-state index contributed by atoms with van der Waals surface area (Å²) in [5.41, 5.74) is 17.9. The van der Waals surface area contributed by atoms with Crippen molar-refractivity contribution >= 4 is 11.8 Å². The molecule has 8 nitrogen and oxygen atoms in total. The molecule has 2 atom stereocenters. The molecule has 2 amide bonds. The predicted molar refractivity (Wildman–Crippen MR) is 152 cm³/mol. The molecule has 1 aromatic heterocycles. The van der Waals surface area contributed by atoms with Gasteiger partial charge in [0.15, 0.2) is 0 Å². The van der Waals surface area contributed by atoms with Crippen LogP contribution in [0.15, 0.2) is 72.9 Å². The number of nitrogens with two attached hydrogens (primary N) is 2. The zero-order chi connectivity index (χ0) is 28.1. The molecule has 8 heteroatoms. The van der Waals surface area contributed by atoms with Crippen molar-refractivity contribution in [2.75, 3.05) is 7.11 Å². The second-order valence-corrected chi connectivity index (χ2v) is 9.79.